The Bertz CT molecular complexity index is 813. The predicted molar refractivity (Wildman–Crippen MR) is 94.3 cm³/mol. The fourth-order valence-corrected chi connectivity index (χ4v) is 4.95. The molecule has 0 spiro atoms. The summed E-state index contributed by atoms with van der Waals surface area (Å²) in [6.45, 7) is 3.76. The standard InChI is InChI=1S/C18H19BrN2O5/c1-3-25-16(23)14-11-8-26-12-5-4-9(19)6-10(12)15(11)21-13(22)7-20-17(24)18(14,21)2/h4-6,11,14-15H,3,7-8H2,1-2H3,(H,20,24)/t11?,14?,15?,18-/m1/s1. The van der Waals surface area contributed by atoms with Gasteiger partial charge in [0.15, 0.2) is 0 Å². The number of fused-ring (bicyclic) bond motifs is 5. The molecule has 2 amide bonds. The summed E-state index contributed by atoms with van der Waals surface area (Å²) in [5.74, 6) is -1.49. The lowest BCUT2D eigenvalue weighted by atomic mass is 9.77. The van der Waals surface area contributed by atoms with E-state index in [1.807, 2.05) is 18.2 Å². The van der Waals surface area contributed by atoms with Crippen LogP contribution in [0.15, 0.2) is 22.7 Å². The summed E-state index contributed by atoms with van der Waals surface area (Å²) in [5, 5.41) is 2.63. The van der Waals surface area contributed by atoms with Gasteiger partial charge >= 0.3 is 5.97 Å². The number of ether oxygens (including phenoxy) is 2. The van der Waals surface area contributed by atoms with Crippen molar-refractivity contribution in [2.45, 2.75) is 25.4 Å². The lowest BCUT2D eigenvalue weighted by molar-refractivity contribution is -0.162. The summed E-state index contributed by atoms with van der Waals surface area (Å²) >= 11 is 3.45. The zero-order valence-corrected chi connectivity index (χ0v) is 16.0. The van der Waals surface area contributed by atoms with Crippen LogP contribution in [0, 0.1) is 11.8 Å². The lowest BCUT2D eigenvalue weighted by Crippen LogP contribution is -2.66. The molecule has 3 unspecified atom stereocenters. The fraction of sp³-hybridized carbons (Fsp3) is 0.500. The van der Waals surface area contributed by atoms with E-state index in [0.717, 1.165) is 10.0 Å². The van der Waals surface area contributed by atoms with Gasteiger partial charge in [0.25, 0.3) is 0 Å². The van der Waals surface area contributed by atoms with Crippen LogP contribution in [0.2, 0.25) is 0 Å². The van der Waals surface area contributed by atoms with Crippen LogP contribution in [0.25, 0.3) is 0 Å². The van der Waals surface area contributed by atoms with Gasteiger partial charge in [-0.1, -0.05) is 15.9 Å². The Kier molecular flexibility index (Phi) is 3.98. The number of hydrogen-bond acceptors (Lipinski definition) is 5. The Balaban J connectivity index is 1.90. The van der Waals surface area contributed by atoms with Gasteiger partial charge in [-0.05, 0) is 32.0 Å². The molecule has 3 aliphatic heterocycles. The summed E-state index contributed by atoms with van der Waals surface area (Å²) in [6.07, 6.45) is 0. The van der Waals surface area contributed by atoms with E-state index in [0.29, 0.717) is 5.75 Å². The third-order valence-corrected chi connectivity index (χ3v) is 6.10. The molecule has 1 aromatic carbocycles. The van der Waals surface area contributed by atoms with Gasteiger partial charge in [0.05, 0.1) is 31.7 Å². The monoisotopic (exact) mass is 422 g/mol. The van der Waals surface area contributed by atoms with Crippen LogP contribution in [-0.4, -0.2) is 48.0 Å². The summed E-state index contributed by atoms with van der Waals surface area (Å²) in [4.78, 5) is 40.0. The Labute approximate surface area is 159 Å². The highest BCUT2D eigenvalue weighted by atomic mass is 79.9. The average molecular weight is 423 g/mol. The molecule has 1 aromatic rings. The van der Waals surface area contributed by atoms with Crippen molar-refractivity contribution in [2.75, 3.05) is 19.8 Å². The van der Waals surface area contributed by atoms with E-state index in [9.17, 15) is 14.4 Å². The molecule has 4 rings (SSSR count). The van der Waals surface area contributed by atoms with E-state index in [1.165, 1.54) is 0 Å². The molecule has 138 valence electrons. The number of carbonyl (C=O) groups is 3. The highest BCUT2D eigenvalue weighted by molar-refractivity contribution is 9.10. The fourth-order valence-electron chi connectivity index (χ4n) is 4.58. The molecule has 0 saturated carbocycles. The maximum absolute atomic E-state index is 12.8. The smallest absolute Gasteiger partial charge is 0.312 e. The van der Waals surface area contributed by atoms with Gasteiger partial charge in [-0.3, -0.25) is 14.4 Å². The topological polar surface area (TPSA) is 84.9 Å². The molecule has 1 N–H and O–H groups in total. The molecule has 0 aromatic heterocycles. The van der Waals surface area contributed by atoms with Crippen LogP contribution in [0.1, 0.15) is 25.5 Å². The number of piperazine rings is 1. The van der Waals surface area contributed by atoms with Gasteiger partial charge in [0, 0.05) is 16.0 Å². The zero-order valence-electron chi connectivity index (χ0n) is 14.5. The van der Waals surface area contributed by atoms with Crippen molar-refractivity contribution in [3.8, 4) is 5.75 Å². The number of esters is 1. The van der Waals surface area contributed by atoms with Crippen LogP contribution >= 0.6 is 15.9 Å². The predicted octanol–water partition coefficient (Wildman–Crippen LogP) is 1.41. The number of carbonyl (C=O) groups excluding carboxylic acids is 3. The van der Waals surface area contributed by atoms with Gasteiger partial charge in [0.2, 0.25) is 11.8 Å². The van der Waals surface area contributed by atoms with Gasteiger partial charge in [-0.2, -0.15) is 0 Å². The molecular weight excluding hydrogens is 404 g/mol. The molecule has 0 bridgehead atoms. The molecule has 2 saturated heterocycles. The zero-order chi connectivity index (χ0) is 18.6. The van der Waals surface area contributed by atoms with Crippen molar-refractivity contribution >= 4 is 33.7 Å². The van der Waals surface area contributed by atoms with Crippen LogP contribution < -0.4 is 10.1 Å². The van der Waals surface area contributed by atoms with Crippen molar-refractivity contribution < 1.29 is 23.9 Å². The van der Waals surface area contributed by atoms with E-state index in [4.69, 9.17) is 9.47 Å². The molecule has 26 heavy (non-hydrogen) atoms. The first-order valence-corrected chi connectivity index (χ1v) is 9.38. The van der Waals surface area contributed by atoms with E-state index in [2.05, 4.69) is 21.2 Å². The lowest BCUT2D eigenvalue weighted by Gasteiger charge is -2.42. The molecule has 8 heteroatoms. The van der Waals surface area contributed by atoms with Crippen LogP contribution in [-0.2, 0) is 19.1 Å². The number of amides is 2. The molecule has 0 aliphatic carbocycles. The van der Waals surface area contributed by atoms with E-state index < -0.39 is 23.5 Å². The largest absolute Gasteiger partial charge is 0.493 e. The summed E-state index contributed by atoms with van der Waals surface area (Å²) in [6, 6.07) is 5.18. The molecule has 2 fully saturated rings. The number of nitrogens with one attached hydrogen (secondary N) is 1. The minimum absolute atomic E-state index is 0.0720. The summed E-state index contributed by atoms with van der Waals surface area (Å²) < 4.78 is 12.0. The summed E-state index contributed by atoms with van der Waals surface area (Å²) in [5.41, 5.74) is -0.499. The van der Waals surface area contributed by atoms with Crippen molar-refractivity contribution in [2.24, 2.45) is 11.8 Å². The molecule has 3 heterocycles. The molecule has 0 radical (unpaired) electrons. The maximum Gasteiger partial charge on any atom is 0.312 e. The average Bonchev–Trinajstić information content (AvgIpc) is 2.89. The Morgan fingerprint density at radius 2 is 2.23 bits per heavy atom. The van der Waals surface area contributed by atoms with Gasteiger partial charge in [0.1, 0.15) is 11.3 Å². The molecule has 7 nitrogen and oxygen atoms in total. The first-order chi connectivity index (χ1) is 12.4. The van der Waals surface area contributed by atoms with Crippen molar-refractivity contribution in [1.82, 2.24) is 10.2 Å². The van der Waals surface area contributed by atoms with Crippen molar-refractivity contribution in [1.29, 1.82) is 0 Å². The highest BCUT2D eigenvalue weighted by Crippen LogP contribution is 2.56. The van der Waals surface area contributed by atoms with E-state index >= 15 is 0 Å². The minimum Gasteiger partial charge on any atom is -0.493 e. The Hall–Kier alpha value is -2.09. The third kappa shape index (κ3) is 2.21. The number of benzene rings is 1. The minimum atomic E-state index is -1.30. The van der Waals surface area contributed by atoms with Gasteiger partial charge in [-0.25, -0.2) is 0 Å². The molecule has 3 aliphatic rings. The van der Waals surface area contributed by atoms with Crippen molar-refractivity contribution in [3.63, 3.8) is 0 Å². The number of halogens is 1. The van der Waals surface area contributed by atoms with Crippen molar-refractivity contribution in [3.05, 3.63) is 28.2 Å². The molecule has 4 atom stereocenters. The third-order valence-electron chi connectivity index (χ3n) is 5.61. The van der Waals surface area contributed by atoms with E-state index in [1.54, 1.807) is 18.7 Å². The normalized spacial score (nSPS) is 32.1. The number of rotatable bonds is 2. The second-order valence-electron chi connectivity index (χ2n) is 6.93. The second-order valence-corrected chi connectivity index (χ2v) is 7.84. The maximum atomic E-state index is 12.8. The number of hydrogen-bond donors (Lipinski definition) is 1. The van der Waals surface area contributed by atoms with Crippen LogP contribution in [0.5, 0.6) is 5.75 Å². The first-order valence-electron chi connectivity index (χ1n) is 8.59. The quantitative estimate of drug-likeness (QED) is 0.728. The van der Waals surface area contributed by atoms with Gasteiger partial charge < -0.3 is 19.7 Å². The Morgan fingerprint density at radius 3 is 2.96 bits per heavy atom. The molecular formula is C18H19BrN2O5. The SMILES string of the molecule is CCOC(=O)C1C2COc3ccc(Br)cc3C2N2C(=O)CNC(=O)[C@@]12C. The van der Waals surface area contributed by atoms with E-state index in [-0.39, 0.29) is 37.5 Å². The Morgan fingerprint density at radius 1 is 1.46 bits per heavy atom. The number of nitrogens with zero attached hydrogens (tertiary/aromatic N) is 1. The highest BCUT2D eigenvalue weighted by Gasteiger charge is 2.67. The summed E-state index contributed by atoms with van der Waals surface area (Å²) in [7, 11) is 0. The van der Waals surface area contributed by atoms with Crippen LogP contribution in [0.4, 0.5) is 0 Å². The first kappa shape index (κ1) is 17.3. The second kappa shape index (κ2) is 5.97. The van der Waals surface area contributed by atoms with Crippen LogP contribution in [0.3, 0.4) is 0 Å². The van der Waals surface area contributed by atoms with Gasteiger partial charge in [-0.15, -0.1) is 0 Å².